The number of anilines is 1. The molecule has 0 unspecified atom stereocenters. The first-order valence-corrected chi connectivity index (χ1v) is 9.32. The molecule has 0 amide bonds. The van der Waals surface area contributed by atoms with Crippen LogP contribution in [0, 0.1) is 0 Å². The Labute approximate surface area is 168 Å². The molecule has 154 valence electrons. The molecule has 0 bridgehead atoms. The van der Waals surface area contributed by atoms with E-state index in [9.17, 15) is 0 Å². The van der Waals surface area contributed by atoms with Crippen molar-refractivity contribution >= 4 is 5.82 Å². The molecule has 1 rings (SSSR count). The van der Waals surface area contributed by atoms with E-state index in [1.807, 2.05) is 46.9 Å². The fourth-order valence-electron chi connectivity index (χ4n) is 2.39. The predicted molar refractivity (Wildman–Crippen MR) is 115 cm³/mol. The molecule has 1 heterocycles. The van der Waals surface area contributed by atoms with Gasteiger partial charge in [-0.1, -0.05) is 19.6 Å². The van der Waals surface area contributed by atoms with E-state index >= 15 is 0 Å². The first-order chi connectivity index (χ1) is 13.3. The molecule has 1 aromatic rings. The lowest BCUT2D eigenvalue weighted by atomic mass is 10.1. The monoisotopic (exact) mass is 387 g/mol. The first-order valence-electron chi connectivity index (χ1n) is 9.32. The Bertz CT molecular complexity index is 751. The van der Waals surface area contributed by atoms with Crippen LogP contribution in [0.15, 0.2) is 59.4 Å². The second kappa shape index (κ2) is 11.8. The molecule has 28 heavy (non-hydrogen) atoms. The molecule has 0 radical (unpaired) electrons. The summed E-state index contributed by atoms with van der Waals surface area (Å²) in [6, 6.07) is 0. The van der Waals surface area contributed by atoms with Crippen LogP contribution in [0.5, 0.6) is 5.88 Å². The lowest BCUT2D eigenvalue weighted by Gasteiger charge is -2.18. The Morgan fingerprint density at radius 3 is 2.50 bits per heavy atom. The van der Waals surface area contributed by atoms with Crippen molar-refractivity contribution in [3.8, 4) is 5.88 Å². The van der Waals surface area contributed by atoms with Crippen molar-refractivity contribution in [3.05, 3.63) is 59.4 Å². The highest BCUT2D eigenvalue weighted by Gasteiger charge is 2.10. The molecule has 0 saturated heterocycles. The van der Waals surface area contributed by atoms with E-state index in [4.69, 9.17) is 9.47 Å². The maximum atomic E-state index is 5.63. The lowest BCUT2D eigenvalue weighted by molar-refractivity contribution is 0.232. The largest absolute Gasteiger partial charge is 0.497 e. The van der Waals surface area contributed by atoms with Crippen LogP contribution in [-0.4, -0.2) is 30.2 Å². The molecule has 0 aliphatic rings. The third-order valence-corrected chi connectivity index (χ3v) is 3.67. The minimum atomic E-state index is 0.0347. The molecule has 0 saturated carbocycles. The average Bonchev–Trinajstić information content (AvgIpc) is 2.64. The predicted octanol–water partition coefficient (Wildman–Crippen LogP) is 4.07. The van der Waals surface area contributed by atoms with Crippen LogP contribution in [0.25, 0.3) is 0 Å². The Morgan fingerprint density at radius 2 is 1.96 bits per heavy atom. The SMILES string of the molecule is C=C(C)\C(=C/C=C(C)/C(NNC)=C(/CC)Nc1cncc(OC(C)C)n1)OC. The van der Waals surface area contributed by atoms with Gasteiger partial charge in [-0.3, -0.25) is 4.98 Å². The minimum absolute atomic E-state index is 0.0347. The Hall–Kier alpha value is -2.80. The van der Waals surface area contributed by atoms with Gasteiger partial charge in [0.2, 0.25) is 5.88 Å². The van der Waals surface area contributed by atoms with Gasteiger partial charge in [0.05, 0.1) is 31.3 Å². The summed E-state index contributed by atoms with van der Waals surface area (Å²) >= 11 is 0. The summed E-state index contributed by atoms with van der Waals surface area (Å²) < 4.78 is 11.0. The summed E-state index contributed by atoms with van der Waals surface area (Å²) in [7, 11) is 3.46. The molecular formula is C21H33N5O2. The molecule has 7 nitrogen and oxygen atoms in total. The maximum absolute atomic E-state index is 5.63. The smallest absolute Gasteiger partial charge is 0.234 e. The normalized spacial score (nSPS) is 13.1. The quantitative estimate of drug-likeness (QED) is 0.300. The molecule has 0 aliphatic carbocycles. The van der Waals surface area contributed by atoms with E-state index < -0.39 is 0 Å². The first kappa shape index (κ1) is 23.2. The number of methoxy groups -OCH3 is 1. The highest BCUT2D eigenvalue weighted by atomic mass is 16.5. The Morgan fingerprint density at radius 1 is 1.25 bits per heavy atom. The molecule has 1 aromatic heterocycles. The van der Waals surface area contributed by atoms with E-state index in [0.29, 0.717) is 11.7 Å². The summed E-state index contributed by atoms with van der Waals surface area (Å²) in [4.78, 5) is 8.68. The molecule has 0 aliphatic heterocycles. The van der Waals surface area contributed by atoms with Crippen molar-refractivity contribution in [1.29, 1.82) is 0 Å². The lowest BCUT2D eigenvalue weighted by Crippen LogP contribution is -2.29. The zero-order chi connectivity index (χ0) is 21.1. The average molecular weight is 388 g/mol. The third kappa shape index (κ3) is 7.44. The van der Waals surface area contributed by atoms with Gasteiger partial charge in [0.25, 0.3) is 0 Å². The fourth-order valence-corrected chi connectivity index (χ4v) is 2.39. The van der Waals surface area contributed by atoms with E-state index in [0.717, 1.165) is 34.7 Å². The number of allylic oxidation sites excluding steroid dienone is 5. The van der Waals surface area contributed by atoms with Gasteiger partial charge in [-0.2, -0.15) is 4.98 Å². The van der Waals surface area contributed by atoms with Crippen LogP contribution in [0.3, 0.4) is 0 Å². The number of aromatic nitrogens is 2. The van der Waals surface area contributed by atoms with Crippen molar-refractivity contribution in [2.45, 2.75) is 47.1 Å². The molecule has 0 fully saturated rings. The topological polar surface area (TPSA) is 80.3 Å². The number of rotatable bonds is 11. The summed E-state index contributed by atoms with van der Waals surface area (Å²) in [6.07, 6.45) is 7.95. The van der Waals surface area contributed by atoms with Gasteiger partial charge in [0.1, 0.15) is 5.76 Å². The Kier molecular flexibility index (Phi) is 9.81. The van der Waals surface area contributed by atoms with Crippen LogP contribution >= 0.6 is 0 Å². The van der Waals surface area contributed by atoms with Gasteiger partial charge in [-0.25, -0.2) is 5.43 Å². The van der Waals surface area contributed by atoms with Crippen LogP contribution in [0.2, 0.25) is 0 Å². The van der Waals surface area contributed by atoms with Gasteiger partial charge in [0.15, 0.2) is 5.82 Å². The Balaban J connectivity index is 3.23. The number of hydrogen-bond acceptors (Lipinski definition) is 7. The maximum Gasteiger partial charge on any atom is 0.234 e. The van der Waals surface area contributed by atoms with Crippen molar-refractivity contribution < 1.29 is 9.47 Å². The third-order valence-electron chi connectivity index (χ3n) is 3.67. The van der Waals surface area contributed by atoms with Gasteiger partial charge < -0.3 is 20.2 Å². The van der Waals surface area contributed by atoms with Crippen LogP contribution in [0.4, 0.5) is 5.82 Å². The van der Waals surface area contributed by atoms with Gasteiger partial charge >= 0.3 is 0 Å². The summed E-state index contributed by atoms with van der Waals surface area (Å²) in [5.41, 5.74) is 9.94. The standard InChI is InChI=1S/C21H33N5O2/c1-9-17(24-19-12-23-13-20(25-19)28-15(4)5)21(26-22-7)16(6)10-11-18(27-8)14(2)3/h10-13,15,22,26H,2,9H2,1,3-8H3,(H,24,25)/b16-10+,18-11+,21-17+. The van der Waals surface area contributed by atoms with Crippen LogP contribution in [-0.2, 0) is 4.74 Å². The second-order valence-corrected chi connectivity index (χ2v) is 6.48. The van der Waals surface area contributed by atoms with E-state index in [1.165, 1.54) is 0 Å². The van der Waals surface area contributed by atoms with Gasteiger partial charge in [0, 0.05) is 12.7 Å². The molecule has 3 N–H and O–H groups in total. The zero-order valence-electron chi connectivity index (χ0n) is 18.0. The van der Waals surface area contributed by atoms with Crippen LogP contribution in [0.1, 0.15) is 41.0 Å². The van der Waals surface area contributed by atoms with E-state index in [2.05, 4.69) is 39.6 Å². The number of ether oxygens (including phenoxy) is 2. The molecule has 7 heteroatoms. The van der Waals surface area contributed by atoms with Gasteiger partial charge in [-0.15, -0.1) is 0 Å². The number of hydrazine groups is 1. The summed E-state index contributed by atoms with van der Waals surface area (Å²) in [5, 5.41) is 3.35. The highest BCUT2D eigenvalue weighted by molar-refractivity contribution is 5.46. The summed E-state index contributed by atoms with van der Waals surface area (Å²) in [6.45, 7) is 13.8. The van der Waals surface area contributed by atoms with Gasteiger partial charge in [-0.05, 0) is 51.3 Å². The van der Waals surface area contributed by atoms with Crippen molar-refractivity contribution in [2.75, 3.05) is 19.5 Å². The summed E-state index contributed by atoms with van der Waals surface area (Å²) in [5.74, 6) is 1.84. The molecule has 0 atom stereocenters. The van der Waals surface area contributed by atoms with Crippen LogP contribution < -0.4 is 20.9 Å². The van der Waals surface area contributed by atoms with Crippen molar-refractivity contribution in [1.82, 2.24) is 20.8 Å². The molecule has 0 spiro atoms. The zero-order valence-corrected chi connectivity index (χ0v) is 18.0. The molecule has 0 aromatic carbocycles. The van der Waals surface area contributed by atoms with Crippen molar-refractivity contribution in [2.24, 2.45) is 0 Å². The number of hydrogen-bond donors (Lipinski definition) is 3. The minimum Gasteiger partial charge on any atom is -0.497 e. The fraction of sp³-hybridized carbons (Fsp3) is 0.429. The molecular weight excluding hydrogens is 354 g/mol. The number of nitrogens with zero attached hydrogens (tertiary/aromatic N) is 2. The van der Waals surface area contributed by atoms with Crippen molar-refractivity contribution in [3.63, 3.8) is 0 Å². The highest BCUT2D eigenvalue weighted by Crippen LogP contribution is 2.19. The van der Waals surface area contributed by atoms with E-state index in [-0.39, 0.29) is 6.10 Å². The second-order valence-electron chi connectivity index (χ2n) is 6.48. The number of nitrogens with one attached hydrogen (secondary N) is 3. The van der Waals surface area contributed by atoms with E-state index in [1.54, 1.807) is 19.5 Å².